The van der Waals surface area contributed by atoms with Crippen LogP contribution in [0.4, 0.5) is 0 Å². The van der Waals surface area contributed by atoms with E-state index in [4.69, 9.17) is 4.74 Å². The highest BCUT2D eigenvalue weighted by Gasteiger charge is 2.14. The summed E-state index contributed by atoms with van der Waals surface area (Å²) in [7, 11) is 3.74. The third-order valence-electron chi connectivity index (χ3n) is 2.78. The SMILES string of the molecule is CCn1nc(C)cc1C(CCCOC)NC. The molecule has 1 rings (SSSR count). The van der Waals surface area contributed by atoms with Gasteiger partial charge in [-0.2, -0.15) is 5.10 Å². The molecule has 0 aliphatic rings. The predicted molar refractivity (Wildman–Crippen MR) is 65.5 cm³/mol. The highest BCUT2D eigenvalue weighted by molar-refractivity contribution is 5.13. The summed E-state index contributed by atoms with van der Waals surface area (Å²) in [4.78, 5) is 0. The van der Waals surface area contributed by atoms with Crippen LogP contribution in [0.5, 0.6) is 0 Å². The smallest absolute Gasteiger partial charge is 0.0597 e. The van der Waals surface area contributed by atoms with Crippen molar-refractivity contribution in [2.75, 3.05) is 20.8 Å². The number of aromatic nitrogens is 2. The molecule has 0 aliphatic carbocycles. The first-order valence-electron chi connectivity index (χ1n) is 5.93. The molecule has 0 aromatic carbocycles. The van der Waals surface area contributed by atoms with Crippen LogP contribution in [0.1, 0.15) is 37.2 Å². The third-order valence-corrected chi connectivity index (χ3v) is 2.78. The zero-order valence-electron chi connectivity index (χ0n) is 10.8. The second-order valence-corrected chi connectivity index (χ2v) is 4.00. The molecule has 0 aliphatic heterocycles. The van der Waals surface area contributed by atoms with Gasteiger partial charge in [-0.25, -0.2) is 0 Å². The van der Waals surface area contributed by atoms with Crippen molar-refractivity contribution in [3.63, 3.8) is 0 Å². The molecule has 0 bridgehead atoms. The Morgan fingerprint density at radius 3 is 2.88 bits per heavy atom. The Kier molecular flexibility index (Phi) is 5.49. The van der Waals surface area contributed by atoms with Crippen LogP contribution in [0.3, 0.4) is 0 Å². The number of nitrogens with zero attached hydrogens (tertiary/aromatic N) is 2. The van der Waals surface area contributed by atoms with Crippen molar-refractivity contribution in [3.8, 4) is 0 Å². The van der Waals surface area contributed by atoms with Gasteiger partial charge in [0, 0.05) is 26.3 Å². The average molecular weight is 225 g/mol. The van der Waals surface area contributed by atoms with Gasteiger partial charge in [-0.1, -0.05) is 0 Å². The number of aryl methyl sites for hydroxylation is 2. The van der Waals surface area contributed by atoms with E-state index in [0.29, 0.717) is 6.04 Å². The summed E-state index contributed by atoms with van der Waals surface area (Å²) in [6.45, 7) is 5.90. The van der Waals surface area contributed by atoms with Crippen molar-refractivity contribution in [2.24, 2.45) is 0 Å². The highest BCUT2D eigenvalue weighted by Crippen LogP contribution is 2.19. The van der Waals surface area contributed by atoms with E-state index in [1.54, 1.807) is 7.11 Å². The first-order valence-corrected chi connectivity index (χ1v) is 5.93. The van der Waals surface area contributed by atoms with Crippen LogP contribution in [0, 0.1) is 6.92 Å². The molecule has 1 aromatic heterocycles. The van der Waals surface area contributed by atoms with Crippen LogP contribution >= 0.6 is 0 Å². The maximum atomic E-state index is 5.08. The van der Waals surface area contributed by atoms with Crippen LogP contribution in [0.2, 0.25) is 0 Å². The van der Waals surface area contributed by atoms with Gasteiger partial charge >= 0.3 is 0 Å². The summed E-state index contributed by atoms with van der Waals surface area (Å²) in [5.74, 6) is 0. The Balaban J connectivity index is 2.69. The van der Waals surface area contributed by atoms with Gasteiger partial charge in [-0.05, 0) is 39.8 Å². The summed E-state index contributed by atoms with van der Waals surface area (Å²) in [5.41, 5.74) is 2.36. The van der Waals surface area contributed by atoms with Crippen molar-refractivity contribution < 1.29 is 4.74 Å². The van der Waals surface area contributed by atoms with Gasteiger partial charge in [0.15, 0.2) is 0 Å². The minimum absolute atomic E-state index is 0.372. The number of methoxy groups -OCH3 is 1. The van der Waals surface area contributed by atoms with Gasteiger partial charge in [0.1, 0.15) is 0 Å². The topological polar surface area (TPSA) is 39.1 Å². The van der Waals surface area contributed by atoms with Crippen molar-refractivity contribution in [1.29, 1.82) is 0 Å². The Morgan fingerprint density at radius 2 is 2.31 bits per heavy atom. The zero-order valence-corrected chi connectivity index (χ0v) is 10.8. The summed E-state index contributed by atoms with van der Waals surface area (Å²) >= 11 is 0. The normalized spacial score (nSPS) is 13.0. The maximum Gasteiger partial charge on any atom is 0.0597 e. The second kappa shape index (κ2) is 6.66. The number of ether oxygens (including phenoxy) is 1. The zero-order chi connectivity index (χ0) is 12.0. The van der Waals surface area contributed by atoms with E-state index < -0.39 is 0 Å². The molecule has 0 radical (unpaired) electrons. The molecule has 1 N–H and O–H groups in total. The van der Waals surface area contributed by atoms with Crippen LogP contribution in [0.15, 0.2) is 6.07 Å². The molecule has 4 heteroatoms. The minimum atomic E-state index is 0.372. The fourth-order valence-electron chi connectivity index (χ4n) is 1.97. The summed E-state index contributed by atoms with van der Waals surface area (Å²) in [5, 5.41) is 7.82. The lowest BCUT2D eigenvalue weighted by atomic mass is 10.1. The molecule has 1 aromatic rings. The van der Waals surface area contributed by atoms with Gasteiger partial charge in [-0.3, -0.25) is 4.68 Å². The van der Waals surface area contributed by atoms with E-state index in [1.807, 2.05) is 14.0 Å². The molecule has 1 unspecified atom stereocenters. The van der Waals surface area contributed by atoms with Gasteiger partial charge in [-0.15, -0.1) is 0 Å². The Morgan fingerprint density at radius 1 is 1.56 bits per heavy atom. The Labute approximate surface area is 98.0 Å². The lowest BCUT2D eigenvalue weighted by Gasteiger charge is -2.17. The highest BCUT2D eigenvalue weighted by atomic mass is 16.5. The van der Waals surface area contributed by atoms with E-state index in [-0.39, 0.29) is 0 Å². The van der Waals surface area contributed by atoms with Gasteiger partial charge in [0.25, 0.3) is 0 Å². The average Bonchev–Trinajstić information content (AvgIpc) is 2.66. The Bertz CT molecular complexity index is 309. The molecule has 0 saturated heterocycles. The fraction of sp³-hybridized carbons (Fsp3) is 0.750. The summed E-state index contributed by atoms with van der Waals surface area (Å²) in [6, 6.07) is 2.54. The molecule has 0 fully saturated rings. The first kappa shape index (κ1) is 13.2. The van der Waals surface area contributed by atoms with E-state index in [9.17, 15) is 0 Å². The van der Waals surface area contributed by atoms with Gasteiger partial charge < -0.3 is 10.1 Å². The Hall–Kier alpha value is -0.870. The molecule has 92 valence electrons. The minimum Gasteiger partial charge on any atom is -0.385 e. The lowest BCUT2D eigenvalue weighted by Crippen LogP contribution is -2.20. The van der Waals surface area contributed by atoms with E-state index in [2.05, 4.69) is 28.1 Å². The number of nitrogens with one attached hydrogen (secondary N) is 1. The molecule has 0 amide bonds. The van der Waals surface area contributed by atoms with Crippen molar-refractivity contribution >= 4 is 0 Å². The molecule has 0 saturated carbocycles. The van der Waals surface area contributed by atoms with Crippen molar-refractivity contribution in [1.82, 2.24) is 15.1 Å². The third kappa shape index (κ3) is 3.32. The van der Waals surface area contributed by atoms with Crippen LogP contribution < -0.4 is 5.32 Å². The molecule has 16 heavy (non-hydrogen) atoms. The lowest BCUT2D eigenvalue weighted by molar-refractivity contribution is 0.188. The monoisotopic (exact) mass is 225 g/mol. The standard InChI is InChI=1S/C12H23N3O/c1-5-15-12(9-10(2)14-15)11(13-3)7-6-8-16-4/h9,11,13H,5-8H2,1-4H3. The van der Waals surface area contributed by atoms with Gasteiger partial charge in [0.05, 0.1) is 11.4 Å². The molecular weight excluding hydrogens is 202 g/mol. The summed E-state index contributed by atoms with van der Waals surface area (Å²) in [6.07, 6.45) is 2.14. The summed E-state index contributed by atoms with van der Waals surface area (Å²) < 4.78 is 7.16. The molecule has 1 atom stereocenters. The fourth-order valence-corrected chi connectivity index (χ4v) is 1.97. The quantitative estimate of drug-likeness (QED) is 0.720. The van der Waals surface area contributed by atoms with Gasteiger partial charge in [0.2, 0.25) is 0 Å². The maximum absolute atomic E-state index is 5.08. The first-order chi connectivity index (χ1) is 7.72. The van der Waals surface area contributed by atoms with Crippen molar-refractivity contribution in [3.05, 3.63) is 17.5 Å². The van der Waals surface area contributed by atoms with E-state index in [0.717, 1.165) is 31.7 Å². The second-order valence-electron chi connectivity index (χ2n) is 4.00. The van der Waals surface area contributed by atoms with E-state index >= 15 is 0 Å². The largest absolute Gasteiger partial charge is 0.385 e. The van der Waals surface area contributed by atoms with Crippen LogP contribution in [-0.4, -0.2) is 30.5 Å². The van der Waals surface area contributed by atoms with Crippen LogP contribution in [0.25, 0.3) is 0 Å². The van der Waals surface area contributed by atoms with Crippen molar-refractivity contribution in [2.45, 2.75) is 39.3 Å². The molecule has 1 heterocycles. The number of hydrogen-bond donors (Lipinski definition) is 1. The number of hydrogen-bond acceptors (Lipinski definition) is 3. The predicted octanol–water partition coefficient (Wildman–Crippen LogP) is 1.90. The number of rotatable bonds is 7. The molecule has 0 spiro atoms. The van der Waals surface area contributed by atoms with E-state index in [1.165, 1.54) is 5.69 Å². The molecule has 4 nitrogen and oxygen atoms in total. The van der Waals surface area contributed by atoms with Crippen LogP contribution in [-0.2, 0) is 11.3 Å². The molecular formula is C12H23N3O.